The van der Waals surface area contributed by atoms with Crippen molar-refractivity contribution in [3.05, 3.63) is 59.2 Å². The monoisotopic (exact) mass is 339 g/mol. The van der Waals surface area contributed by atoms with Crippen LogP contribution in [-0.4, -0.2) is 17.1 Å². The van der Waals surface area contributed by atoms with Crippen molar-refractivity contribution in [1.29, 1.82) is 0 Å². The van der Waals surface area contributed by atoms with Gasteiger partial charge in [-0.05, 0) is 48.6 Å². The molecular formula is C20H25N3O2. The molecule has 3 rings (SSSR count). The van der Waals surface area contributed by atoms with Crippen LogP contribution in [0.5, 0.6) is 5.75 Å². The topological polar surface area (TPSA) is 73.4 Å². The van der Waals surface area contributed by atoms with E-state index < -0.39 is 0 Å². The van der Waals surface area contributed by atoms with Crippen molar-refractivity contribution in [3.63, 3.8) is 0 Å². The minimum Gasteiger partial charge on any atom is -0.508 e. The second-order valence-corrected chi connectivity index (χ2v) is 6.90. The molecule has 4 N–H and O–H groups in total. The molecule has 0 aromatic heterocycles. The molecule has 0 saturated carbocycles. The second-order valence-electron chi connectivity index (χ2n) is 6.90. The van der Waals surface area contributed by atoms with E-state index in [9.17, 15) is 9.90 Å². The van der Waals surface area contributed by atoms with Gasteiger partial charge < -0.3 is 10.4 Å². The van der Waals surface area contributed by atoms with E-state index in [0.717, 1.165) is 11.3 Å². The summed E-state index contributed by atoms with van der Waals surface area (Å²) in [5.41, 5.74) is 10.2. The normalized spacial score (nSPS) is 20.0. The smallest absolute Gasteiger partial charge is 0.242 e. The Morgan fingerprint density at radius 3 is 2.64 bits per heavy atom. The molecule has 0 bridgehead atoms. The van der Waals surface area contributed by atoms with Gasteiger partial charge in [-0.2, -0.15) is 0 Å². The largest absolute Gasteiger partial charge is 0.508 e. The lowest BCUT2D eigenvalue weighted by atomic mass is 9.97. The Morgan fingerprint density at radius 1 is 1.20 bits per heavy atom. The number of hydrazine groups is 1. The Labute approximate surface area is 148 Å². The highest BCUT2D eigenvalue weighted by atomic mass is 16.3. The predicted octanol–water partition coefficient (Wildman–Crippen LogP) is 3.37. The van der Waals surface area contributed by atoms with Crippen LogP contribution in [0.25, 0.3) is 0 Å². The maximum atomic E-state index is 12.5. The average Bonchev–Trinajstić information content (AvgIpc) is 3.05. The zero-order valence-corrected chi connectivity index (χ0v) is 14.8. The van der Waals surface area contributed by atoms with E-state index in [1.165, 1.54) is 11.1 Å². The third-order valence-corrected chi connectivity index (χ3v) is 4.69. The summed E-state index contributed by atoms with van der Waals surface area (Å²) in [5, 5.41) is 12.9. The Bertz CT molecular complexity index is 773. The highest BCUT2D eigenvalue weighted by Crippen LogP contribution is 2.29. The molecule has 0 radical (unpaired) electrons. The van der Waals surface area contributed by atoms with Gasteiger partial charge in [0.2, 0.25) is 5.91 Å². The van der Waals surface area contributed by atoms with E-state index in [0.29, 0.717) is 12.3 Å². The standard InChI is InChI=1S/C20H25N3O2/c1-12(2)15-9-8-14(10-13(15)3)21-20(25)18-11-17(22-23-18)16-6-4-5-7-19(16)24/h4-10,12,17-18,22-24H,11H2,1-3H3,(H,21,25). The molecule has 2 atom stereocenters. The maximum Gasteiger partial charge on any atom is 0.242 e. The molecule has 0 aliphatic carbocycles. The molecule has 1 amide bonds. The molecule has 2 aromatic carbocycles. The van der Waals surface area contributed by atoms with Gasteiger partial charge in [0.25, 0.3) is 0 Å². The number of phenols is 1. The lowest BCUT2D eigenvalue weighted by Crippen LogP contribution is -2.39. The minimum absolute atomic E-state index is 0.0814. The van der Waals surface area contributed by atoms with Crippen LogP contribution >= 0.6 is 0 Å². The molecule has 5 nitrogen and oxygen atoms in total. The molecule has 1 heterocycles. The Balaban J connectivity index is 1.65. The van der Waals surface area contributed by atoms with Gasteiger partial charge in [0, 0.05) is 11.3 Å². The maximum absolute atomic E-state index is 12.5. The summed E-state index contributed by atoms with van der Waals surface area (Å²) < 4.78 is 0. The number of hydrogen-bond donors (Lipinski definition) is 4. The van der Waals surface area contributed by atoms with E-state index in [1.54, 1.807) is 12.1 Å². The first-order chi connectivity index (χ1) is 12.0. The summed E-state index contributed by atoms with van der Waals surface area (Å²) in [5.74, 6) is 0.620. The van der Waals surface area contributed by atoms with Crippen LogP contribution < -0.4 is 16.2 Å². The van der Waals surface area contributed by atoms with Crippen molar-refractivity contribution in [2.75, 3.05) is 5.32 Å². The van der Waals surface area contributed by atoms with Gasteiger partial charge >= 0.3 is 0 Å². The average molecular weight is 339 g/mol. The second kappa shape index (κ2) is 7.25. The van der Waals surface area contributed by atoms with E-state index in [2.05, 4.69) is 43.0 Å². The summed E-state index contributed by atoms with van der Waals surface area (Å²) in [6, 6.07) is 12.8. The zero-order chi connectivity index (χ0) is 18.0. The van der Waals surface area contributed by atoms with Crippen LogP contribution in [0.2, 0.25) is 0 Å². The van der Waals surface area contributed by atoms with Crippen molar-refractivity contribution in [2.45, 2.75) is 45.2 Å². The van der Waals surface area contributed by atoms with Crippen LogP contribution in [0, 0.1) is 6.92 Å². The van der Waals surface area contributed by atoms with Crippen LogP contribution in [-0.2, 0) is 4.79 Å². The molecule has 25 heavy (non-hydrogen) atoms. The highest BCUT2D eigenvalue weighted by molar-refractivity contribution is 5.95. The molecule has 2 unspecified atom stereocenters. The number of phenolic OH excluding ortho intramolecular Hbond substituents is 1. The first kappa shape index (κ1) is 17.5. The molecule has 5 heteroatoms. The molecule has 1 fully saturated rings. The lowest BCUT2D eigenvalue weighted by molar-refractivity contribution is -0.117. The number of hydrogen-bond acceptors (Lipinski definition) is 4. The number of carbonyl (C=O) groups is 1. The molecule has 1 aliphatic rings. The third kappa shape index (κ3) is 3.83. The number of aromatic hydroxyl groups is 1. The van der Waals surface area contributed by atoms with Gasteiger partial charge in [-0.15, -0.1) is 0 Å². The highest BCUT2D eigenvalue weighted by Gasteiger charge is 2.31. The van der Waals surface area contributed by atoms with Crippen molar-refractivity contribution >= 4 is 11.6 Å². The molecule has 1 saturated heterocycles. The van der Waals surface area contributed by atoms with E-state index in [-0.39, 0.29) is 23.7 Å². The van der Waals surface area contributed by atoms with E-state index >= 15 is 0 Å². The zero-order valence-electron chi connectivity index (χ0n) is 14.8. The Morgan fingerprint density at radius 2 is 1.96 bits per heavy atom. The summed E-state index contributed by atoms with van der Waals surface area (Å²) in [7, 11) is 0. The van der Waals surface area contributed by atoms with Crippen molar-refractivity contribution < 1.29 is 9.90 Å². The number of aryl methyl sites for hydroxylation is 1. The number of carbonyl (C=O) groups excluding carboxylic acids is 1. The molecule has 132 valence electrons. The quantitative estimate of drug-likeness (QED) is 0.689. The third-order valence-electron chi connectivity index (χ3n) is 4.69. The Hall–Kier alpha value is -2.37. The molecule has 2 aromatic rings. The van der Waals surface area contributed by atoms with Crippen LogP contribution in [0.15, 0.2) is 42.5 Å². The number of benzene rings is 2. The first-order valence-corrected chi connectivity index (χ1v) is 8.66. The van der Waals surface area contributed by atoms with E-state index in [1.807, 2.05) is 24.3 Å². The number of anilines is 1. The fourth-order valence-corrected chi connectivity index (χ4v) is 3.34. The summed E-state index contributed by atoms with van der Waals surface area (Å²) in [6.07, 6.45) is 0.576. The van der Waals surface area contributed by atoms with Gasteiger partial charge in [-0.1, -0.05) is 38.1 Å². The van der Waals surface area contributed by atoms with Gasteiger partial charge in [-0.25, -0.2) is 10.9 Å². The SMILES string of the molecule is Cc1cc(NC(=O)C2CC(c3ccccc3O)NN2)ccc1C(C)C. The number of rotatable bonds is 4. The van der Waals surface area contributed by atoms with Crippen LogP contribution in [0.1, 0.15) is 48.9 Å². The molecular weight excluding hydrogens is 314 g/mol. The van der Waals surface area contributed by atoms with Crippen LogP contribution in [0.4, 0.5) is 5.69 Å². The Kier molecular flexibility index (Phi) is 5.06. The summed E-state index contributed by atoms with van der Waals surface area (Å²) >= 11 is 0. The molecule has 1 aliphatic heterocycles. The number of amides is 1. The van der Waals surface area contributed by atoms with Gasteiger partial charge in [0.05, 0.1) is 6.04 Å². The van der Waals surface area contributed by atoms with Gasteiger partial charge in [0.1, 0.15) is 11.8 Å². The first-order valence-electron chi connectivity index (χ1n) is 8.66. The number of para-hydroxylation sites is 1. The number of nitrogens with one attached hydrogen (secondary N) is 3. The molecule has 0 spiro atoms. The van der Waals surface area contributed by atoms with Crippen LogP contribution in [0.3, 0.4) is 0 Å². The fraction of sp³-hybridized carbons (Fsp3) is 0.350. The lowest BCUT2D eigenvalue weighted by Gasteiger charge is -2.14. The fourth-order valence-electron chi connectivity index (χ4n) is 3.34. The van der Waals surface area contributed by atoms with Gasteiger partial charge in [-0.3, -0.25) is 4.79 Å². The van der Waals surface area contributed by atoms with E-state index in [4.69, 9.17) is 0 Å². The summed E-state index contributed by atoms with van der Waals surface area (Å²) in [4.78, 5) is 12.5. The predicted molar refractivity (Wildman–Crippen MR) is 99.4 cm³/mol. The van der Waals surface area contributed by atoms with Crippen molar-refractivity contribution in [3.8, 4) is 5.75 Å². The van der Waals surface area contributed by atoms with Gasteiger partial charge in [0.15, 0.2) is 0 Å². The van der Waals surface area contributed by atoms with Crippen molar-refractivity contribution in [2.24, 2.45) is 0 Å². The minimum atomic E-state index is -0.352. The van der Waals surface area contributed by atoms with Crippen molar-refractivity contribution in [1.82, 2.24) is 10.9 Å². The summed E-state index contributed by atoms with van der Waals surface area (Å²) in [6.45, 7) is 6.39.